The van der Waals surface area contributed by atoms with E-state index in [0.717, 1.165) is 12.8 Å². The zero-order chi connectivity index (χ0) is 10.8. The number of ether oxygens (including phenoxy) is 1. The molecule has 2 rings (SSSR count). The highest BCUT2D eigenvalue weighted by Crippen LogP contribution is 2.32. The second kappa shape index (κ2) is 4.37. The number of esters is 1. The van der Waals surface area contributed by atoms with E-state index in [4.69, 9.17) is 16.3 Å². The third-order valence-electron chi connectivity index (χ3n) is 1.99. The van der Waals surface area contributed by atoms with Gasteiger partial charge in [0.25, 0.3) is 0 Å². The molecule has 15 heavy (non-hydrogen) atoms. The number of carbonyl (C=O) groups excluding carboxylic acids is 1. The molecule has 0 atom stereocenters. The number of aromatic nitrogens is 2. The van der Waals surface area contributed by atoms with Crippen molar-refractivity contribution < 1.29 is 9.53 Å². The Kier molecular flexibility index (Phi) is 3.11. The van der Waals surface area contributed by atoms with Gasteiger partial charge in [-0.15, -0.1) is 0 Å². The van der Waals surface area contributed by atoms with Gasteiger partial charge in [0.05, 0.1) is 12.1 Å². The van der Waals surface area contributed by atoms with E-state index in [-0.39, 0.29) is 22.8 Å². The normalized spacial score (nSPS) is 15.1. The van der Waals surface area contributed by atoms with E-state index in [1.54, 1.807) is 0 Å². The van der Waals surface area contributed by atoms with Crippen LogP contribution in [0.2, 0.25) is 5.15 Å². The van der Waals surface area contributed by atoms with Gasteiger partial charge >= 0.3 is 5.97 Å². The van der Waals surface area contributed by atoms with Crippen molar-refractivity contribution in [1.82, 2.24) is 9.97 Å². The lowest BCUT2D eigenvalue weighted by Crippen LogP contribution is -2.10. The van der Waals surface area contributed by atoms with Crippen molar-refractivity contribution in [2.24, 2.45) is 5.92 Å². The summed E-state index contributed by atoms with van der Waals surface area (Å²) in [6.07, 6.45) is 5.09. The van der Waals surface area contributed by atoms with E-state index in [2.05, 4.69) is 9.97 Å². The second-order valence-electron chi connectivity index (χ2n) is 3.21. The van der Waals surface area contributed by atoms with Crippen molar-refractivity contribution in [3.05, 3.63) is 11.3 Å². The van der Waals surface area contributed by atoms with Gasteiger partial charge in [-0.3, -0.25) is 4.79 Å². The van der Waals surface area contributed by atoms with Crippen LogP contribution in [0.5, 0.6) is 5.75 Å². The average molecular weight is 245 g/mol. The van der Waals surface area contributed by atoms with E-state index in [9.17, 15) is 4.79 Å². The highest BCUT2D eigenvalue weighted by Gasteiger charge is 2.32. The van der Waals surface area contributed by atoms with Gasteiger partial charge in [-0.2, -0.15) is 0 Å². The highest BCUT2D eigenvalue weighted by atomic mass is 35.5. The zero-order valence-electron chi connectivity index (χ0n) is 8.07. The molecule has 0 radical (unpaired) electrons. The zero-order valence-corrected chi connectivity index (χ0v) is 9.64. The standard InChI is InChI=1S/C9H9ClN2O2S/c1-15-9-11-4-6(7(10)12-9)14-8(13)5-2-3-5/h4-5H,2-3H2,1H3. The molecule has 0 saturated heterocycles. The average Bonchev–Trinajstić information content (AvgIpc) is 3.04. The molecule has 1 aliphatic carbocycles. The van der Waals surface area contributed by atoms with Gasteiger partial charge < -0.3 is 4.74 Å². The minimum atomic E-state index is -0.239. The van der Waals surface area contributed by atoms with Crippen LogP contribution < -0.4 is 4.74 Å². The number of thioether (sulfide) groups is 1. The summed E-state index contributed by atoms with van der Waals surface area (Å²) in [5.41, 5.74) is 0. The molecule has 1 saturated carbocycles. The van der Waals surface area contributed by atoms with E-state index in [1.165, 1.54) is 18.0 Å². The Balaban J connectivity index is 2.10. The van der Waals surface area contributed by atoms with Crippen LogP contribution in [0.1, 0.15) is 12.8 Å². The molecule has 0 unspecified atom stereocenters. The predicted molar refractivity (Wildman–Crippen MR) is 57.2 cm³/mol. The lowest BCUT2D eigenvalue weighted by Gasteiger charge is -2.04. The highest BCUT2D eigenvalue weighted by molar-refractivity contribution is 7.98. The number of halogens is 1. The largest absolute Gasteiger partial charge is 0.421 e. The smallest absolute Gasteiger partial charge is 0.314 e. The summed E-state index contributed by atoms with van der Waals surface area (Å²) >= 11 is 7.22. The van der Waals surface area contributed by atoms with Gasteiger partial charge in [-0.25, -0.2) is 9.97 Å². The first-order valence-electron chi connectivity index (χ1n) is 4.49. The molecule has 80 valence electrons. The molecule has 6 heteroatoms. The molecule has 0 aromatic carbocycles. The van der Waals surface area contributed by atoms with Crippen LogP contribution in [0.25, 0.3) is 0 Å². The Morgan fingerprint density at radius 2 is 2.40 bits per heavy atom. The molecule has 0 N–H and O–H groups in total. The molecular formula is C9H9ClN2O2S. The Morgan fingerprint density at radius 3 is 2.93 bits per heavy atom. The lowest BCUT2D eigenvalue weighted by molar-refractivity contribution is -0.135. The number of hydrogen-bond acceptors (Lipinski definition) is 5. The van der Waals surface area contributed by atoms with Crippen molar-refractivity contribution >= 4 is 29.3 Å². The van der Waals surface area contributed by atoms with Crippen molar-refractivity contribution in [2.75, 3.05) is 6.26 Å². The summed E-state index contributed by atoms with van der Waals surface area (Å²) in [6.45, 7) is 0. The maximum absolute atomic E-state index is 11.3. The molecule has 1 aromatic heterocycles. The Hall–Kier alpha value is -0.810. The molecule has 0 aliphatic heterocycles. The SMILES string of the molecule is CSc1ncc(OC(=O)C2CC2)c(Cl)n1. The van der Waals surface area contributed by atoms with Crippen LogP contribution in [-0.4, -0.2) is 22.2 Å². The van der Waals surface area contributed by atoms with Gasteiger partial charge in [-0.1, -0.05) is 23.4 Å². The summed E-state index contributed by atoms with van der Waals surface area (Å²) < 4.78 is 5.06. The fourth-order valence-electron chi connectivity index (χ4n) is 1.01. The fourth-order valence-corrected chi connectivity index (χ4v) is 1.57. The van der Waals surface area contributed by atoms with Gasteiger partial charge in [0.15, 0.2) is 16.1 Å². The number of nitrogens with zero attached hydrogens (tertiary/aromatic N) is 2. The topological polar surface area (TPSA) is 52.1 Å². The van der Waals surface area contributed by atoms with Gasteiger partial charge in [-0.05, 0) is 19.1 Å². The maximum atomic E-state index is 11.3. The summed E-state index contributed by atoms with van der Waals surface area (Å²) in [5.74, 6) is 0.0464. The number of carbonyl (C=O) groups is 1. The second-order valence-corrected chi connectivity index (χ2v) is 4.34. The van der Waals surface area contributed by atoms with Crippen LogP contribution in [0.15, 0.2) is 11.4 Å². The van der Waals surface area contributed by atoms with Crippen molar-refractivity contribution in [1.29, 1.82) is 0 Å². The molecular weight excluding hydrogens is 236 g/mol. The summed E-state index contributed by atoms with van der Waals surface area (Å²) in [6, 6.07) is 0. The molecule has 0 spiro atoms. The summed E-state index contributed by atoms with van der Waals surface area (Å²) in [4.78, 5) is 19.3. The van der Waals surface area contributed by atoms with E-state index in [1.807, 2.05) is 6.26 Å². The van der Waals surface area contributed by atoms with Crippen LogP contribution >= 0.6 is 23.4 Å². The monoisotopic (exact) mass is 244 g/mol. The molecule has 1 heterocycles. The number of hydrogen-bond donors (Lipinski definition) is 0. The fraction of sp³-hybridized carbons (Fsp3) is 0.444. The van der Waals surface area contributed by atoms with Gasteiger partial charge in [0.1, 0.15) is 0 Å². The molecule has 1 fully saturated rings. The van der Waals surface area contributed by atoms with E-state index < -0.39 is 0 Å². The van der Waals surface area contributed by atoms with Gasteiger partial charge in [0.2, 0.25) is 0 Å². The first-order chi connectivity index (χ1) is 7.20. The third kappa shape index (κ3) is 2.60. The quantitative estimate of drug-likeness (QED) is 0.353. The predicted octanol–water partition coefficient (Wildman–Crippen LogP) is 2.17. The molecule has 0 amide bonds. The Bertz CT molecular complexity index is 396. The molecule has 1 aromatic rings. The van der Waals surface area contributed by atoms with Crippen molar-refractivity contribution in [2.45, 2.75) is 18.0 Å². The Labute approximate surface area is 96.4 Å². The minimum absolute atomic E-state index is 0.0429. The van der Waals surface area contributed by atoms with E-state index >= 15 is 0 Å². The van der Waals surface area contributed by atoms with Crippen molar-refractivity contribution in [3.63, 3.8) is 0 Å². The lowest BCUT2D eigenvalue weighted by atomic mass is 10.4. The summed E-state index contributed by atoms with van der Waals surface area (Å²) in [7, 11) is 0. The third-order valence-corrected chi connectivity index (χ3v) is 2.83. The first kappa shape index (κ1) is 10.7. The first-order valence-corrected chi connectivity index (χ1v) is 6.09. The van der Waals surface area contributed by atoms with Gasteiger partial charge in [0, 0.05) is 0 Å². The van der Waals surface area contributed by atoms with Crippen LogP contribution in [0, 0.1) is 5.92 Å². The molecule has 0 bridgehead atoms. The Morgan fingerprint density at radius 1 is 1.67 bits per heavy atom. The minimum Gasteiger partial charge on any atom is -0.421 e. The van der Waals surface area contributed by atoms with Crippen LogP contribution in [-0.2, 0) is 4.79 Å². The van der Waals surface area contributed by atoms with Crippen LogP contribution in [0.4, 0.5) is 0 Å². The van der Waals surface area contributed by atoms with E-state index in [0.29, 0.717) is 5.16 Å². The van der Waals surface area contributed by atoms with Crippen LogP contribution in [0.3, 0.4) is 0 Å². The molecule has 1 aliphatic rings. The van der Waals surface area contributed by atoms with Crippen molar-refractivity contribution in [3.8, 4) is 5.75 Å². The summed E-state index contributed by atoms with van der Waals surface area (Å²) in [5, 5.41) is 0.745. The maximum Gasteiger partial charge on any atom is 0.314 e. The number of rotatable bonds is 3. The molecule has 4 nitrogen and oxygen atoms in total.